The number of benzene rings is 1. The Labute approximate surface area is 128 Å². The average Bonchev–Trinajstić information content (AvgIpc) is 3.05. The summed E-state index contributed by atoms with van der Waals surface area (Å²) in [6, 6.07) is 6.82. The number of hydrogen-bond donors (Lipinski definition) is 1. The average molecular weight is 324 g/mol. The molecule has 3 aromatic rings. The molecule has 0 bridgehead atoms. The molecule has 0 saturated carbocycles. The van der Waals surface area contributed by atoms with Crippen LogP contribution in [0.15, 0.2) is 30.6 Å². The largest absolute Gasteiger partial charge is 0.484 e. The van der Waals surface area contributed by atoms with Crippen LogP contribution in [-0.2, 0) is 11.3 Å². The van der Waals surface area contributed by atoms with Gasteiger partial charge in [0.2, 0.25) is 4.96 Å². The van der Waals surface area contributed by atoms with Gasteiger partial charge in [0, 0.05) is 5.02 Å². The fourth-order valence-electron chi connectivity index (χ4n) is 1.58. The van der Waals surface area contributed by atoms with Crippen molar-refractivity contribution < 1.29 is 9.53 Å². The SMILES string of the molecule is O=C(COc1ccc(Cl)cc1)NCc1nn2cnnc2s1. The van der Waals surface area contributed by atoms with Crippen molar-refractivity contribution >= 4 is 33.8 Å². The second kappa shape index (κ2) is 6.06. The molecule has 1 N–H and O–H groups in total. The van der Waals surface area contributed by atoms with E-state index in [1.54, 1.807) is 28.8 Å². The summed E-state index contributed by atoms with van der Waals surface area (Å²) < 4.78 is 6.91. The van der Waals surface area contributed by atoms with Crippen molar-refractivity contribution in [3.63, 3.8) is 0 Å². The first kappa shape index (κ1) is 13.8. The number of rotatable bonds is 5. The number of nitrogens with zero attached hydrogens (tertiary/aromatic N) is 4. The van der Waals surface area contributed by atoms with Crippen LogP contribution in [0.1, 0.15) is 5.01 Å². The molecule has 3 rings (SSSR count). The number of halogens is 1. The molecule has 1 amide bonds. The molecule has 0 spiro atoms. The van der Waals surface area contributed by atoms with Gasteiger partial charge in [-0.1, -0.05) is 22.9 Å². The van der Waals surface area contributed by atoms with Gasteiger partial charge in [-0.3, -0.25) is 4.79 Å². The summed E-state index contributed by atoms with van der Waals surface area (Å²) in [7, 11) is 0. The molecule has 0 unspecified atom stereocenters. The van der Waals surface area contributed by atoms with E-state index in [-0.39, 0.29) is 12.5 Å². The van der Waals surface area contributed by atoms with Crippen LogP contribution in [0.25, 0.3) is 4.96 Å². The summed E-state index contributed by atoms with van der Waals surface area (Å²) in [5.74, 6) is 0.365. The summed E-state index contributed by atoms with van der Waals surface area (Å²) >= 11 is 7.13. The van der Waals surface area contributed by atoms with Gasteiger partial charge >= 0.3 is 0 Å². The fraction of sp³-hybridized carbons (Fsp3) is 0.167. The molecule has 1 aromatic carbocycles. The van der Waals surface area contributed by atoms with E-state index in [1.807, 2.05) is 0 Å². The molecule has 7 nitrogen and oxygen atoms in total. The van der Waals surface area contributed by atoms with Gasteiger partial charge < -0.3 is 10.1 Å². The van der Waals surface area contributed by atoms with Crippen molar-refractivity contribution in [1.82, 2.24) is 25.1 Å². The van der Waals surface area contributed by atoms with Crippen LogP contribution in [0.4, 0.5) is 0 Å². The van der Waals surface area contributed by atoms with Crippen molar-refractivity contribution in [3.05, 3.63) is 40.6 Å². The van der Waals surface area contributed by atoms with Crippen LogP contribution >= 0.6 is 22.9 Å². The number of ether oxygens (including phenoxy) is 1. The highest BCUT2D eigenvalue weighted by Gasteiger charge is 2.07. The van der Waals surface area contributed by atoms with E-state index in [0.717, 1.165) is 5.01 Å². The lowest BCUT2D eigenvalue weighted by Gasteiger charge is -2.06. The quantitative estimate of drug-likeness (QED) is 0.770. The first-order chi connectivity index (χ1) is 10.2. The van der Waals surface area contributed by atoms with E-state index in [2.05, 4.69) is 20.6 Å². The van der Waals surface area contributed by atoms with Gasteiger partial charge in [0.1, 0.15) is 17.1 Å². The van der Waals surface area contributed by atoms with E-state index in [1.165, 1.54) is 17.7 Å². The molecule has 0 aliphatic rings. The van der Waals surface area contributed by atoms with Crippen molar-refractivity contribution in [2.45, 2.75) is 6.54 Å². The Morgan fingerprint density at radius 2 is 2.19 bits per heavy atom. The second-order valence-corrected chi connectivity index (χ2v) is 5.55. The van der Waals surface area contributed by atoms with Crippen molar-refractivity contribution in [2.75, 3.05) is 6.61 Å². The van der Waals surface area contributed by atoms with Gasteiger partial charge in [0.15, 0.2) is 6.61 Å². The van der Waals surface area contributed by atoms with Gasteiger partial charge in [-0.05, 0) is 24.3 Å². The summed E-state index contributed by atoms with van der Waals surface area (Å²) in [6.45, 7) is 0.266. The van der Waals surface area contributed by atoms with Crippen molar-refractivity contribution in [3.8, 4) is 5.75 Å². The normalized spacial score (nSPS) is 10.7. The third-order valence-electron chi connectivity index (χ3n) is 2.55. The highest BCUT2D eigenvalue weighted by atomic mass is 35.5. The monoisotopic (exact) mass is 323 g/mol. The zero-order valence-corrected chi connectivity index (χ0v) is 12.3. The van der Waals surface area contributed by atoms with E-state index in [0.29, 0.717) is 22.3 Å². The Morgan fingerprint density at radius 1 is 1.38 bits per heavy atom. The molecule has 0 aliphatic heterocycles. The van der Waals surface area contributed by atoms with Crippen LogP contribution in [-0.4, -0.2) is 32.3 Å². The molecule has 108 valence electrons. The molecule has 2 aromatic heterocycles. The predicted octanol–water partition coefficient (Wildman–Crippen LogP) is 1.53. The highest BCUT2D eigenvalue weighted by molar-refractivity contribution is 7.16. The molecule has 0 fully saturated rings. The molecule has 9 heteroatoms. The summed E-state index contributed by atoms with van der Waals surface area (Å²) in [5.41, 5.74) is 0. The Balaban J connectivity index is 1.48. The maximum atomic E-state index is 11.7. The van der Waals surface area contributed by atoms with E-state index >= 15 is 0 Å². The second-order valence-electron chi connectivity index (χ2n) is 4.07. The number of nitrogens with one attached hydrogen (secondary N) is 1. The van der Waals surface area contributed by atoms with Crippen LogP contribution in [0.2, 0.25) is 5.02 Å². The number of carbonyl (C=O) groups excluding carboxylic acids is 1. The number of hydrogen-bond acceptors (Lipinski definition) is 6. The maximum absolute atomic E-state index is 11.7. The van der Waals surface area contributed by atoms with E-state index in [4.69, 9.17) is 16.3 Å². The van der Waals surface area contributed by atoms with Crippen LogP contribution in [0.5, 0.6) is 5.75 Å². The van der Waals surface area contributed by atoms with Crippen molar-refractivity contribution in [2.24, 2.45) is 0 Å². The Kier molecular flexibility index (Phi) is 3.98. The van der Waals surface area contributed by atoms with Gasteiger partial charge in [-0.2, -0.15) is 9.61 Å². The molecule has 0 aliphatic carbocycles. The Morgan fingerprint density at radius 3 is 2.95 bits per heavy atom. The predicted molar refractivity (Wildman–Crippen MR) is 77.5 cm³/mol. The fourth-order valence-corrected chi connectivity index (χ4v) is 2.46. The lowest BCUT2D eigenvalue weighted by atomic mass is 10.3. The number of carbonyl (C=O) groups is 1. The topological polar surface area (TPSA) is 81.4 Å². The Bertz CT molecular complexity index is 726. The van der Waals surface area contributed by atoms with Gasteiger partial charge in [-0.15, -0.1) is 10.2 Å². The molecular formula is C12H10ClN5O2S. The smallest absolute Gasteiger partial charge is 0.258 e. The minimum Gasteiger partial charge on any atom is -0.484 e. The molecule has 0 saturated heterocycles. The zero-order chi connectivity index (χ0) is 14.7. The highest BCUT2D eigenvalue weighted by Crippen LogP contribution is 2.15. The summed E-state index contributed by atoms with van der Waals surface area (Å²) in [6.07, 6.45) is 1.51. The number of fused-ring (bicyclic) bond motifs is 1. The molecule has 21 heavy (non-hydrogen) atoms. The third kappa shape index (κ3) is 3.47. The number of aromatic nitrogens is 4. The third-order valence-corrected chi connectivity index (χ3v) is 3.71. The summed E-state index contributed by atoms with van der Waals surface area (Å²) in [5, 5.41) is 15.9. The van der Waals surface area contributed by atoms with Gasteiger partial charge in [0.25, 0.3) is 5.91 Å². The molecule has 0 radical (unpaired) electrons. The lowest BCUT2D eigenvalue weighted by Crippen LogP contribution is -2.28. The summed E-state index contributed by atoms with van der Waals surface area (Å²) in [4.78, 5) is 12.4. The minimum absolute atomic E-state index is 0.0638. The maximum Gasteiger partial charge on any atom is 0.258 e. The first-order valence-corrected chi connectivity index (χ1v) is 7.21. The Hall–Kier alpha value is -2.19. The molecule has 2 heterocycles. The van der Waals surface area contributed by atoms with Crippen LogP contribution < -0.4 is 10.1 Å². The van der Waals surface area contributed by atoms with Gasteiger partial charge in [0.05, 0.1) is 6.54 Å². The van der Waals surface area contributed by atoms with Gasteiger partial charge in [-0.25, -0.2) is 0 Å². The molecule has 0 atom stereocenters. The standard InChI is InChI=1S/C12H10ClN5O2S/c13-8-1-3-9(4-2-8)20-6-10(19)14-5-11-17-18-7-15-16-12(18)21-11/h1-4,7H,5-6H2,(H,14,19). The van der Waals surface area contributed by atoms with Crippen molar-refractivity contribution in [1.29, 1.82) is 0 Å². The lowest BCUT2D eigenvalue weighted by molar-refractivity contribution is -0.123. The zero-order valence-electron chi connectivity index (χ0n) is 10.7. The van der Waals surface area contributed by atoms with Crippen LogP contribution in [0, 0.1) is 0 Å². The molecular weight excluding hydrogens is 314 g/mol. The first-order valence-electron chi connectivity index (χ1n) is 6.01. The minimum atomic E-state index is -0.226. The van der Waals surface area contributed by atoms with Crippen LogP contribution in [0.3, 0.4) is 0 Å². The van der Waals surface area contributed by atoms with E-state index < -0.39 is 0 Å². The van der Waals surface area contributed by atoms with E-state index in [9.17, 15) is 4.79 Å². The number of amides is 1.